The van der Waals surface area contributed by atoms with Gasteiger partial charge < -0.3 is 5.11 Å². The van der Waals surface area contributed by atoms with E-state index in [1.54, 1.807) is 12.1 Å². The van der Waals surface area contributed by atoms with Gasteiger partial charge in [-0.3, -0.25) is 4.79 Å². The molecule has 138 valence electrons. The highest BCUT2D eigenvalue weighted by Gasteiger charge is 2.35. The highest BCUT2D eigenvalue weighted by molar-refractivity contribution is 7.92. The minimum absolute atomic E-state index is 0.0993. The first-order valence-corrected chi connectivity index (χ1v) is 10.00. The molecule has 0 atom stereocenters. The van der Waals surface area contributed by atoms with Crippen LogP contribution in [0.15, 0.2) is 60.7 Å². The van der Waals surface area contributed by atoms with Crippen LogP contribution in [0.2, 0.25) is 0 Å². The van der Waals surface area contributed by atoms with E-state index in [-0.39, 0.29) is 18.0 Å². The van der Waals surface area contributed by atoms with Crippen molar-refractivity contribution in [2.45, 2.75) is 12.8 Å². The summed E-state index contributed by atoms with van der Waals surface area (Å²) in [6.07, 6.45) is 1.49. The minimum Gasteiger partial charge on any atom is -0.506 e. The molecule has 7 heteroatoms. The summed E-state index contributed by atoms with van der Waals surface area (Å²) in [6.45, 7) is -0.328. The lowest BCUT2D eigenvalue weighted by atomic mass is 9.98. The Bertz CT molecular complexity index is 1140. The molecule has 0 spiro atoms. The molecule has 2 N–H and O–H groups in total. The number of carbonyl (C=O) groups is 1. The molecule has 0 bridgehead atoms. The molecule has 3 aromatic carbocycles. The predicted molar refractivity (Wildman–Crippen MR) is 104 cm³/mol. The Morgan fingerprint density at radius 2 is 1.78 bits per heavy atom. The number of rotatable bonds is 4. The largest absolute Gasteiger partial charge is 0.506 e. The van der Waals surface area contributed by atoms with E-state index >= 15 is 0 Å². The van der Waals surface area contributed by atoms with Crippen molar-refractivity contribution >= 4 is 32.6 Å². The van der Waals surface area contributed by atoms with Crippen molar-refractivity contribution in [2.24, 2.45) is 0 Å². The molecule has 0 radical (unpaired) electrons. The number of hydrogen-bond donors (Lipinski definition) is 2. The molecule has 1 fully saturated rings. The van der Waals surface area contributed by atoms with E-state index in [0.29, 0.717) is 6.42 Å². The quantitative estimate of drug-likeness (QED) is 0.726. The first-order valence-electron chi connectivity index (χ1n) is 8.56. The number of aryl methyl sites for hydroxylation is 2. The lowest BCUT2D eigenvalue weighted by molar-refractivity contribution is -0.117. The monoisotopic (exact) mass is 382 g/mol. The summed E-state index contributed by atoms with van der Waals surface area (Å²) in [6, 6.07) is 19.2. The van der Waals surface area contributed by atoms with Crippen LogP contribution in [-0.2, 0) is 27.8 Å². The summed E-state index contributed by atoms with van der Waals surface area (Å²) in [7, 11) is -3.93. The Hall–Kier alpha value is -3.06. The standard InChI is InChI=1S/C20H18N2O4S/c23-19-12-14(9-11-18(19)22-13-20(24)21-27(22,25)26)8-10-16-6-3-5-15-4-1-2-7-17(15)16/h1-7,9,11-12,23H,8,10,13H2,(H,21,24). The minimum atomic E-state index is -3.93. The van der Waals surface area contributed by atoms with Gasteiger partial charge >= 0.3 is 10.2 Å². The first kappa shape index (κ1) is 17.4. The summed E-state index contributed by atoms with van der Waals surface area (Å²) in [5.74, 6) is -0.778. The second-order valence-corrected chi connectivity index (χ2v) is 8.09. The van der Waals surface area contributed by atoms with Crippen LogP contribution < -0.4 is 9.03 Å². The summed E-state index contributed by atoms with van der Waals surface area (Å²) in [5.41, 5.74) is 2.20. The van der Waals surface area contributed by atoms with Crippen molar-refractivity contribution in [2.75, 3.05) is 10.8 Å². The van der Waals surface area contributed by atoms with Gasteiger partial charge in [0.1, 0.15) is 12.3 Å². The van der Waals surface area contributed by atoms with Gasteiger partial charge in [0, 0.05) is 0 Å². The van der Waals surface area contributed by atoms with E-state index in [2.05, 4.69) is 24.3 Å². The van der Waals surface area contributed by atoms with Crippen molar-refractivity contribution in [1.29, 1.82) is 0 Å². The van der Waals surface area contributed by atoms with Gasteiger partial charge in [0.2, 0.25) is 0 Å². The average molecular weight is 382 g/mol. The molecular weight excluding hydrogens is 364 g/mol. The Morgan fingerprint density at radius 1 is 1.00 bits per heavy atom. The van der Waals surface area contributed by atoms with Gasteiger partial charge in [0.15, 0.2) is 0 Å². The van der Waals surface area contributed by atoms with E-state index in [1.807, 2.05) is 22.9 Å². The summed E-state index contributed by atoms with van der Waals surface area (Å²) in [4.78, 5) is 11.4. The number of benzene rings is 3. The zero-order chi connectivity index (χ0) is 19.0. The number of nitrogens with one attached hydrogen (secondary N) is 1. The molecular formula is C20H18N2O4S. The van der Waals surface area contributed by atoms with Gasteiger partial charge in [-0.05, 0) is 46.9 Å². The van der Waals surface area contributed by atoms with Crippen LogP contribution in [0.4, 0.5) is 5.69 Å². The lowest BCUT2D eigenvalue weighted by Gasteiger charge is -2.16. The summed E-state index contributed by atoms with van der Waals surface area (Å²) in [5, 5.41) is 12.7. The molecule has 1 aliphatic rings. The molecule has 4 rings (SSSR count). The second-order valence-electron chi connectivity index (χ2n) is 6.50. The van der Waals surface area contributed by atoms with Gasteiger partial charge in [-0.2, -0.15) is 8.42 Å². The molecule has 1 aliphatic heterocycles. The van der Waals surface area contributed by atoms with Gasteiger partial charge in [-0.15, -0.1) is 0 Å². The topological polar surface area (TPSA) is 86.7 Å². The van der Waals surface area contributed by atoms with Gasteiger partial charge in [-0.1, -0.05) is 48.5 Å². The number of phenolic OH excluding ortho intramolecular Hbond substituents is 1. The maximum atomic E-state index is 11.9. The van der Waals surface area contributed by atoms with Crippen LogP contribution >= 0.6 is 0 Å². The zero-order valence-electron chi connectivity index (χ0n) is 14.4. The maximum absolute atomic E-state index is 11.9. The molecule has 0 aliphatic carbocycles. The van der Waals surface area contributed by atoms with Crippen LogP contribution in [-0.4, -0.2) is 26.0 Å². The Morgan fingerprint density at radius 3 is 2.52 bits per heavy atom. The summed E-state index contributed by atoms with van der Waals surface area (Å²) < 4.78 is 26.6. The third-order valence-electron chi connectivity index (χ3n) is 4.69. The number of amides is 1. The van der Waals surface area contributed by atoms with Crippen molar-refractivity contribution in [1.82, 2.24) is 4.72 Å². The van der Waals surface area contributed by atoms with Crippen LogP contribution in [0, 0.1) is 0 Å². The second kappa shape index (κ2) is 6.59. The summed E-state index contributed by atoms with van der Waals surface area (Å²) >= 11 is 0. The maximum Gasteiger partial charge on any atom is 0.326 e. The number of fused-ring (bicyclic) bond motifs is 1. The van der Waals surface area contributed by atoms with Crippen LogP contribution in [0.1, 0.15) is 11.1 Å². The molecule has 6 nitrogen and oxygen atoms in total. The molecule has 3 aromatic rings. The molecule has 0 unspecified atom stereocenters. The Labute approximate surface area is 157 Å². The first-order chi connectivity index (χ1) is 12.9. The van der Waals surface area contributed by atoms with Crippen LogP contribution in [0.25, 0.3) is 10.8 Å². The van der Waals surface area contributed by atoms with Crippen molar-refractivity contribution < 1.29 is 18.3 Å². The Kier molecular flexibility index (Phi) is 4.24. The third kappa shape index (κ3) is 3.33. The number of hydrogen-bond acceptors (Lipinski definition) is 4. The molecule has 27 heavy (non-hydrogen) atoms. The van der Waals surface area contributed by atoms with E-state index in [9.17, 15) is 18.3 Å². The third-order valence-corrected chi connectivity index (χ3v) is 6.08. The fraction of sp³-hybridized carbons (Fsp3) is 0.150. The Balaban J connectivity index is 1.56. The average Bonchev–Trinajstić information content (AvgIpc) is 2.92. The lowest BCUT2D eigenvalue weighted by Crippen LogP contribution is -2.29. The van der Waals surface area contributed by atoms with Crippen molar-refractivity contribution in [3.8, 4) is 5.75 Å². The molecule has 1 amide bonds. The smallest absolute Gasteiger partial charge is 0.326 e. The molecule has 0 saturated carbocycles. The predicted octanol–water partition coefficient (Wildman–Crippen LogP) is 2.51. The van der Waals surface area contributed by atoms with E-state index < -0.39 is 16.1 Å². The fourth-order valence-corrected chi connectivity index (χ4v) is 4.55. The van der Waals surface area contributed by atoms with Crippen molar-refractivity contribution in [3.63, 3.8) is 0 Å². The van der Waals surface area contributed by atoms with Gasteiger partial charge in [0.25, 0.3) is 5.91 Å². The molecule has 1 heterocycles. The van der Waals surface area contributed by atoms with E-state index in [4.69, 9.17) is 0 Å². The molecule has 1 saturated heterocycles. The van der Waals surface area contributed by atoms with E-state index in [0.717, 1.165) is 16.3 Å². The number of aromatic hydroxyl groups is 1. The number of carbonyl (C=O) groups excluding carboxylic acids is 1. The van der Waals surface area contributed by atoms with Crippen LogP contribution in [0.5, 0.6) is 5.75 Å². The van der Waals surface area contributed by atoms with Crippen molar-refractivity contribution in [3.05, 3.63) is 71.8 Å². The highest BCUT2D eigenvalue weighted by atomic mass is 32.2. The molecule has 0 aromatic heterocycles. The SMILES string of the molecule is O=C1CN(c2ccc(CCc3cccc4ccccc34)cc2O)S(=O)(=O)N1. The van der Waals surface area contributed by atoms with E-state index in [1.165, 1.54) is 22.4 Å². The highest BCUT2D eigenvalue weighted by Crippen LogP contribution is 2.32. The van der Waals surface area contributed by atoms with Gasteiger partial charge in [0.05, 0.1) is 5.69 Å². The number of phenols is 1. The number of anilines is 1. The fourth-order valence-electron chi connectivity index (χ4n) is 3.39. The van der Waals surface area contributed by atoms with Gasteiger partial charge in [-0.25, -0.2) is 9.03 Å². The zero-order valence-corrected chi connectivity index (χ0v) is 15.2. The number of nitrogens with zero attached hydrogens (tertiary/aromatic N) is 1. The normalized spacial score (nSPS) is 15.9. The van der Waals surface area contributed by atoms with Crippen LogP contribution in [0.3, 0.4) is 0 Å².